The second kappa shape index (κ2) is 9.52. The van der Waals surface area contributed by atoms with Crippen LogP contribution in [0.4, 0.5) is 0 Å². The van der Waals surface area contributed by atoms with Gasteiger partial charge in [0.1, 0.15) is 30.4 Å². The molecule has 1 aromatic heterocycles. The quantitative estimate of drug-likeness (QED) is 0.544. The van der Waals surface area contributed by atoms with Gasteiger partial charge in [-0.15, -0.1) is 0 Å². The summed E-state index contributed by atoms with van der Waals surface area (Å²) in [5.74, 6) is 2.09. The summed E-state index contributed by atoms with van der Waals surface area (Å²) < 4.78 is 16.6. The Morgan fingerprint density at radius 1 is 1.09 bits per heavy atom. The van der Waals surface area contributed by atoms with Gasteiger partial charge < -0.3 is 14.0 Å². The summed E-state index contributed by atoms with van der Waals surface area (Å²) in [7, 11) is 0. The number of benzene rings is 2. The smallest absolute Gasteiger partial charge is 0.267 e. The largest absolute Gasteiger partial charge is 0.494 e. The first-order valence-corrected chi connectivity index (χ1v) is 11.3. The second-order valence-electron chi connectivity index (χ2n) is 7.91. The van der Waals surface area contributed by atoms with Crippen molar-refractivity contribution >= 4 is 12.2 Å². The van der Waals surface area contributed by atoms with Gasteiger partial charge in [-0.3, -0.25) is 9.80 Å². The highest BCUT2D eigenvalue weighted by Gasteiger charge is 2.41. The lowest BCUT2D eigenvalue weighted by molar-refractivity contribution is -0.137. The Balaban J connectivity index is 1.26. The normalized spacial score (nSPS) is 19.4. The van der Waals surface area contributed by atoms with Gasteiger partial charge >= 0.3 is 0 Å². The zero-order valence-corrected chi connectivity index (χ0v) is 19.0. The van der Waals surface area contributed by atoms with E-state index in [1.54, 1.807) is 11.3 Å². The molecule has 0 radical (unpaired) electrons. The Morgan fingerprint density at radius 2 is 1.88 bits per heavy atom. The van der Waals surface area contributed by atoms with Crippen molar-refractivity contribution in [1.29, 1.82) is 0 Å². The van der Waals surface area contributed by atoms with Crippen LogP contribution in [0.1, 0.15) is 37.8 Å². The number of aromatic nitrogens is 2. The number of carbonyl (C=O) groups excluding carboxylic acids is 1. The molecule has 34 heavy (non-hydrogen) atoms. The molecule has 176 valence electrons. The lowest BCUT2D eigenvalue weighted by Crippen LogP contribution is -2.50. The molecule has 5 rings (SSSR count). The number of amides is 1. The van der Waals surface area contributed by atoms with E-state index in [1.165, 1.54) is 5.01 Å². The highest BCUT2D eigenvalue weighted by Crippen LogP contribution is 2.31. The Kier molecular flexibility index (Phi) is 6.13. The molecule has 1 saturated heterocycles. The van der Waals surface area contributed by atoms with E-state index in [9.17, 15) is 4.79 Å². The van der Waals surface area contributed by atoms with Crippen molar-refractivity contribution in [3.63, 3.8) is 0 Å². The fourth-order valence-electron chi connectivity index (χ4n) is 4.12. The first-order valence-electron chi connectivity index (χ1n) is 11.3. The molecule has 3 aromatic rings. The first-order chi connectivity index (χ1) is 16.7. The van der Waals surface area contributed by atoms with Crippen LogP contribution in [0.3, 0.4) is 0 Å². The maximum Gasteiger partial charge on any atom is 0.267 e. The standard InChI is InChI=1S/C24H26N6O4/c1-3-32-17-11-9-16(10-12-17)19-13-20-24(31)29(25-15-30(20)27-19)14-22-26-23(28-34-22)18-7-5-6-8-21(18)33-4-2/h5-12,15,19-20,27H,3-4,13-14H2,1-2H3. The van der Waals surface area contributed by atoms with Crippen molar-refractivity contribution in [3.05, 3.63) is 60.0 Å². The van der Waals surface area contributed by atoms with E-state index in [-0.39, 0.29) is 24.5 Å². The number of nitrogens with one attached hydrogen (secondary N) is 1. The van der Waals surface area contributed by atoms with Gasteiger partial charge in [0.15, 0.2) is 0 Å². The Bertz CT molecular complexity index is 1180. The summed E-state index contributed by atoms with van der Waals surface area (Å²) in [6.07, 6.45) is 2.24. The summed E-state index contributed by atoms with van der Waals surface area (Å²) >= 11 is 0. The van der Waals surface area contributed by atoms with Crippen LogP contribution in [0.15, 0.2) is 58.2 Å². The predicted molar refractivity (Wildman–Crippen MR) is 124 cm³/mol. The lowest BCUT2D eigenvalue weighted by atomic mass is 10.0. The van der Waals surface area contributed by atoms with Crippen LogP contribution in [0, 0.1) is 0 Å². The molecule has 10 heteroatoms. The molecule has 1 N–H and O–H groups in total. The number of rotatable bonds is 8. The molecule has 10 nitrogen and oxygen atoms in total. The number of hydrogen-bond acceptors (Lipinski definition) is 9. The van der Waals surface area contributed by atoms with Crippen molar-refractivity contribution in [2.75, 3.05) is 13.2 Å². The highest BCUT2D eigenvalue weighted by atomic mass is 16.5. The van der Waals surface area contributed by atoms with Crippen LogP contribution in [-0.4, -0.2) is 51.7 Å². The van der Waals surface area contributed by atoms with Gasteiger partial charge in [-0.05, 0) is 50.1 Å². The van der Waals surface area contributed by atoms with E-state index >= 15 is 0 Å². The Morgan fingerprint density at radius 3 is 2.68 bits per heavy atom. The van der Waals surface area contributed by atoms with E-state index in [0.29, 0.717) is 37.1 Å². The van der Waals surface area contributed by atoms with Crippen molar-refractivity contribution in [2.45, 2.75) is 38.9 Å². The molecule has 3 heterocycles. The average Bonchev–Trinajstić information content (AvgIpc) is 3.50. The minimum atomic E-state index is -0.366. The fourth-order valence-corrected chi connectivity index (χ4v) is 4.12. The summed E-state index contributed by atoms with van der Waals surface area (Å²) in [4.78, 5) is 17.6. The molecule has 2 aliphatic heterocycles. The molecule has 1 amide bonds. The van der Waals surface area contributed by atoms with Crippen LogP contribution < -0.4 is 14.9 Å². The molecule has 2 aromatic carbocycles. The van der Waals surface area contributed by atoms with Gasteiger partial charge in [0, 0.05) is 0 Å². The van der Waals surface area contributed by atoms with E-state index in [2.05, 4.69) is 20.7 Å². The minimum absolute atomic E-state index is 0.00102. The SMILES string of the molecule is CCOc1ccc(C2CC3C(=O)N(Cc4nc(-c5ccccc5OCC)no4)N=CN3N2)cc1. The molecular weight excluding hydrogens is 436 g/mol. The molecule has 2 atom stereocenters. The number of hydrazone groups is 1. The van der Waals surface area contributed by atoms with Gasteiger partial charge in [0.25, 0.3) is 5.91 Å². The van der Waals surface area contributed by atoms with Crippen LogP contribution in [0.5, 0.6) is 11.5 Å². The zero-order chi connectivity index (χ0) is 23.5. The fraction of sp³-hybridized carbons (Fsp3) is 0.333. The minimum Gasteiger partial charge on any atom is -0.494 e. The Hall–Kier alpha value is -3.92. The van der Waals surface area contributed by atoms with Crippen molar-refractivity contribution in [1.82, 2.24) is 25.6 Å². The summed E-state index contributed by atoms with van der Waals surface area (Å²) in [6.45, 7) is 5.12. The molecule has 0 spiro atoms. The molecule has 0 aliphatic carbocycles. The third-order valence-corrected chi connectivity index (χ3v) is 5.73. The van der Waals surface area contributed by atoms with Crippen LogP contribution in [0.2, 0.25) is 0 Å². The number of hydrogen-bond donors (Lipinski definition) is 1. The third-order valence-electron chi connectivity index (χ3n) is 5.73. The summed E-state index contributed by atoms with van der Waals surface area (Å²) in [6, 6.07) is 15.0. The van der Waals surface area contributed by atoms with E-state index in [0.717, 1.165) is 16.9 Å². The Labute approximate surface area is 197 Å². The number of nitrogens with zero attached hydrogens (tertiary/aromatic N) is 5. The van der Waals surface area contributed by atoms with Gasteiger partial charge in [0.05, 0.1) is 24.8 Å². The number of ether oxygens (including phenoxy) is 2. The van der Waals surface area contributed by atoms with Crippen LogP contribution in [-0.2, 0) is 11.3 Å². The van der Waals surface area contributed by atoms with Crippen LogP contribution >= 0.6 is 0 Å². The molecular formula is C24H26N6O4. The van der Waals surface area contributed by atoms with Crippen LogP contribution in [0.25, 0.3) is 11.4 Å². The molecule has 0 saturated carbocycles. The van der Waals surface area contributed by atoms with Gasteiger partial charge in [-0.25, -0.2) is 10.4 Å². The average molecular weight is 463 g/mol. The maximum absolute atomic E-state index is 13.1. The molecule has 2 aliphatic rings. The van der Waals surface area contributed by atoms with E-state index in [1.807, 2.05) is 62.4 Å². The third kappa shape index (κ3) is 4.32. The monoisotopic (exact) mass is 462 g/mol. The molecule has 0 bridgehead atoms. The van der Waals surface area contributed by atoms with Crippen molar-refractivity contribution in [2.24, 2.45) is 5.10 Å². The summed E-state index contributed by atoms with van der Waals surface area (Å²) in [5.41, 5.74) is 5.17. The predicted octanol–water partition coefficient (Wildman–Crippen LogP) is 3.14. The highest BCUT2D eigenvalue weighted by molar-refractivity contribution is 5.87. The number of fused-ring (bicyclic) bond motifs is 1. The van der Waals surface area contributed by atoms with E-state index < -0.39 is 0 Å². The second-order valence-corrected chi connectivity index (χ2v) is 7.91. The van der Waals surface area contributed by atoms with Gasteiger partial charge in [-0.2, -0.15) is 10.1 Å². The first kappa shape index (κ1) is 21.9. The van der Waals surface area contributed by atoms with Gasteiger partial charge in [-0.1, -0.05) is 29.4 Å². The number of hydrazine groups is 1. The maximum atomic E-state index is 13.1. The number of carbonyl (C=O) groups is 1. The number of para-hydroxylation sites is 1. The van der Waals surface area contributed by atoms with E-state index in [4.69, 9.17) is 14.0 Å². The van der Waals surface area contributed by atoms with Crippen molar-refractivity contribution < 1.29 is 18.8 Å². The summed E-state index contributed by atoms with van der Waals surface area (Å²) in [5, 5.41) is 11.5. The topological polar surface area (TPSA) is 105 Å². The van der Waals surface area contributed by atoms with Gasteiger partial charge in [0.2, 0.25) is 11.7 Å². The zero-order valence-electron chi connectivity index (χ0n) is 19.0. The molecule has 1 fully saturated rings. The van der Waals surface area contributed by atoms with Crippen molar-refractivity contribution in [3.8, 4) is 22.9 Å². The molecule has 2 unspecified atom stereocenters. The lowest BCUT2D eigenvalue weighted by Gasteiger charge is -2.29.